The highest BCUT2D eigenvalue weighted by molar-refractivity contribution is 9.10. The molecule has 0 aliphatic carbocycles. The van der Waals surface area contributed by atoms with Crippen LogP contribution in [-0.4, -0.2) is 26.0 Å². The van der Waals surface area contributed by atoms with Gasteiger partial charge in [0.05, 0.1) is 5.75 Å². The molecule has 0 saturated heterocycles. The highest BCUT2D eigenvalue weighted by Crippen LogP contribution is 2.16. The lowest BCUT2D eigenvalue weighted by atomic mass is 10.2. The van der Waals surface area contributed by atoms with Gasteiger partial charge in [0.2, 0.25) is 11.8 Å². The molecule has 2 amide bonds. The van der Waals surface area contributed by atoms with E-state index >= 15 is 0 Å². The predicted molar refractivity (Wildman–Crippen MR) is 101 cm³/mol. The summed E-state index contributed by atoms with van der Waals surface area (Å²) in [4.78, 5) is 23.1. The largest absolute Gasteiger partial charge is 0.326 e. The number of halogens is 1. The van der Waals surface area contributed by atoms with Crippen LogP contribution in [0.1, 0.15) is 12.5 Å². The fraction of sp³-hybridized carbons (Fsp3) is 0.176. The van der Waals surface area contributed by atoms with Crippen molar-refractivity contribution in [3.63, 3.8) is 0 Å². The minimum atomic E-state index is -3.60. The van der Waals surface area contributed by atoms with Gasteiger partial charge in [0.1, 0.15) is 5.75 Å². The van der Waals surface area contributed by atoms with Crippen molar-refractivity contribution in [3.8, 4) is 0 Å². The van der Waals surface area contributed by atoms with Crippen LogP contribution >= 0.6 is 15.9 Å². The maximum absolute atomic E-state index is 12.2. The van der Waals surface area contributed by atoms with E-state index < -0.39 is 21.5 Å². The second-order valence-corrected chi connectivity index (χ2v) is 8.45. The van der Waals surface area contributed by atoms with Gasteiger partial charge >= 0.3 is 0 Å². The van der Waals surface area contributed by atoms with E-state index in [4.69, 9.17) is 0 Å². The Bertz CT molecular complexity index is 897. The van der Waals surface area contributed by atoms with Gasteiger partial charge < -0.3 is 10.6 Å². The minimum Gasteiger partial charge on any atom is -0.326 e. The Labute approximate surface area is 154 Å². The van der Waals surface area contributed by atoms with Gasteiger partial charge in [-0.2, -0.15) is 0 Å². The van der Waals surface area contributed by atoms with E-state index in [1.807, 2.05) is 0 Å². The lowest BCUT2D eigenvalue weighted by Gasteiger charge is -2.09. The van der Waals surface area contributed by atoms with E-state index in [0.717, 1.165) is 4.47 Å². The van der Waals surface area contributed by atoms with Crippen molar-refractivity contribution in [2.75, 3.05) is 16.4 Å². The Hall–Kier alpha value is -2.19. The minimum absolute atomic E-state index is 0.216. The van der Waals surface area contributed by atoms with Crippen molar-refractivity contribution in [2.45, 2.75) is 12.7 Å². The van der Waals surface area contributed by atoms with E-state index in [0.29, 0.717) is 16.9 Å². The molecule has 8 heteroatoms. The molecule has 2 N–H and O–H groups in total. The smallest absolute Gasteiger partial charge is 0.239 e. The molecule has 0 radical (unpaired) electrons. The van der Waals surface area contributed by atoms with Gasteiger partial charge in [-0.3, -0.25) is 9.59 Å². The summed E-state index contributed by atoms with van der Waals surface area (Å²) in [5.41, 5.74) is 1.53. The van der Waals surface area contributed by atoms with E-state index in [1.54, 1.807) is 48.5 Å². The van der Waals surface area contributed by atoms with Gasteiger partial charge in [-0.1, -0.05) is 34.1 Å². The van der Waals surface area contributed by atoms with Gasteiger partial charge in [-0.25, -0.2) is 8.42 Å². The average Bonchev–Trinajstić information content (AvgIpc) is 2.45. The number of amides is 2. The van der Waals surface area contributed by atoms with Gasteiger partial charge in [0.15, 0.2) is 9.84 Å². The number of nitrogens with one attached hydrogen (secondary N) is 2. The lowest BCUT2D eigenvalue weighted by Crippen LogP contribution is -2.24. The van der Waals surface area contributed by atoms with Crippen molar-refractivity contribution < 1.29 is 18.0 Å². The molecule has 0 aromatic heterocycles. The molecule has 0 heterocycles. The topological polar surface area (TPSA) is 92.3 Å². The van der Waals surface area contributed by atoms with Crippen molar-refractivity contribution in [3.05, 3.63) is 58.6 Å². The molecule has 2 rings (SSSR count). The van der Waals surface area contributed by atoms with Gasteiger partial charge in [-0.05, 0) is 35.9 Å². The first-order valence-corrected chi connectivity index (χ1v) is 9.97. The normalized spacial score (nSPS) is 11.0. The number of hydrogen-bond donors (Lipinski definition) is 2. The van der Waals surface area contributed by atoms with Crippen LogP contribution in [0.15, 0.2) is 53.0 Å². The summed E-state index contributed by atoms with van der Waals surface area (Å²) in [7, 11) is -3.60. The molecule has 132 valence electrons. The van der Waals surface area contributed by atoms with Crippen LogP contribution < -0.4 is 10.6 Å². The van der Waals surface area contributed by atoms with Crippen LogP contribution in [0.2, 0.25) is 0 Å². The number of carbonyl (C=O) groups excluding carboxylic acids is 2. The maximum atomic E-state index is 12.2. The zero-order valence-electron chi connectivity index (χ0n) is 13.5. The summed E-state index contributed by atoms with van der Waals surface area (Å²) in [5.74, 6) is -1.70. The first-order chi connectivity index (χ1) is 11.7. The molecule has 2 aromatic rings. The summed E-state index contributed by atoms with van der Waals surface area (Å²) in [6, 6.07) is 13.4. The molecular weight excluding hydrogens is 408 g/mol. The Morgan fingerprint density at radius 1 is 1.00 bits per heavy atom. The fourth-order valence-electron chi connectivity index (χ4n) is 2.21. The maximum Gasteiger partial charge on any atom is 0.239 e. The van der Waals surface area contributed by atoms with E-state index in [2.05, 4.69) is 26.6 Å². The first kappa shape index (κ1) is 19.1. The monoisotopic (exact) mass is 424 g/mol. The van der Waals surface area contributed by atoms with Crippen molar-refractivity contribution >= 4 is 49.0 Å². The third kappa shape index (κ3) is 6.67. The van der Waals surface area contributed by atoms with Crippen LogP contribution in [0.5, 0.6) is 0 Å². The van der Waals surface area contributed by atoms with Gasteiger partial charge in [0, 0.05) is 22.8 Å². The van der Waals surface area contributed by atoms with Crippen molar-refractivity contribution in [1.82, 2.24) is 0 Å². The van der Waals surface area contributed by atoms with Gasteiger partial charge in [0.25, 0.3) is 0 Å². The summed E-state index contributed by atoms with van der Waals surface area (Å²) in [6.45, 7) is 1.37. The number of benzene rings is 2. The average molecular weight is 425 g/mol. The van der Waals surface area contributed by atoms with E-state index in [-0.39, 0.29) is 11.7 Å². The molecule has 25 heavy (non-hydrogen) atoms. The SMILES string of the molecule is CC(=O)Nc1cccc(NC(=O)CS(=O)(=O)Cc2cccc(Br)c2)c1. The molecule has 0 atom stereocenters. The van der Waals surface area contributed by atoms with Crippen LogP contribution in [0, 0.1) is 0 Å². The van der Waals surface area contributed by atoms with Crippen LogP contribution in [0.4, 0.5) is 11.4 Å². The molecule has 0 bridgehead atoms. The first-order valence-electron chi connectivity index (χ1n) is 7.36. The Kier molecular flexibility index (Phi) is 6.33. The molecule has 0 spiro atoms. The second kappa shape index (κ2) is 8.26. The number of sulfone groups is 1. The Morgan fingerprint density at radius 3 is 2.28 bits per heavy atom. The number of anilines is 2. The van der Waals surface area contributed by atoms with Crippen molar-refractivity contribution in [2.24, 2.45) is 0 Å². The number of hydrogen-bond acceptors (Lipinski definition) is 4. The van der Waals surface area contributed by atoms with Crippen LogP contribution in [0.3, 0.4) is 0 Å². The summed E-state index contributed by atoms with van der Waals surface area (Å²) in [6.07, 6.45) is 0. The predicted octanol–water partition coefficient (Wildman–Crippen LogP) is 2.96. The van der Waals surface area contributed by atoms with Crippen LogP contribution in [0.25, 0.3) is 0 Å². The molecule has 0 unspecified atom stereocenters. The lowest BCUT2D eigenvalue weighted by molar-refractivity contribution is -0.114. The third-order valence-electron chi connectivity index (χ3n) is 3.09. The number of carbonyl (C=O) groups is 2. The zero-order valence-corrected chi connectivity index (χ0v) is 15.9. The van der Waals surface area contributed by atoms with E-state index in [9.17, 15) is 18.0 Å². The Balaban J connectivity index is 2.00. The quantitative estimate of drug-likeness (QED) is 0.745. The highest BCUT2D eigenvalue weighted by atomic mass is 79.9. The zero-order chi connectivity index (χ0) is 18.4. The van der Waals surface area contributed by atoms with E-state index in [1.165, 1.54) is 6.92 Å². The highest BCUT2D eigenvalue weighted by Gasteiger charge is 2.18. The second-order valence-electron chi connectivity index (χ2n) is 5.47. The Morgan fingerprint density at radius 2 is 1.64 bits per heavy atom. The molecule has 0 fully saturated rings. The third-order valence-corrected chi connectivity index (χ3v) is 5.06. The fourth-order valence-corrected chi connectivity index (χ4v) is 3.91. The summed E-state index contributed by atoms with van der Waals surface area (Å²) >= 11 is 3.28. The standard InChI is InChI=1S/C17H17BrN2O4S/c1-12(21)19-15-6-3-7-16(9-15)20-17(22)11-25(23,24)10-13-4-2-5-14(18)8-13/h2-9H,10-11H2,1H3,(H,19,21)(H,20,22). The van der Waals surface area contributed by atoms with Crippen LogP contribution in [-0.2, 0) is 25.2 Å². The molecular formula is C17H17BrN2O4S. The molecule has 0 aliphatic heterocycles. The summed E-state index contributed by atoms with van der Waals surface area (Å²) < 4.78 is 25.2. The molecule has 6 nitrogen and oxygen atoms in total. The molecule has 0 aliphatic rings. The molecule has 2 aromatic carbocycles. The van der Waals surface area contributed by atoms with Crippen molar-refractivity contribution in [1.29, 1.82) is 0 Å². The van der Waals surface area contributed by atoms with Gasteiger partial charge in [-0.15, -0.1) is 0 Å². The molecule has 0 saturated carbocycles. The summed E-state index contributed by atoms with van der Waals surface area (Å²) in [5, 5.41) is 5.12. The number of rotatable bonds is 6.